The van der Waals surface area contributed by atoms with Crippen LogP contribution in [0.3, 0.4) is 0 Å². The molecule has 0 aromatic carbocycles. The first-order valence-corrected chi connectivity index (χ1v) is 7.06. The van der Waals surface area contributed by atoms with Gasteiger partial charge in [-0.05, 0) is 0 Å². The summed E-state index contributed by atoms with van der Waals surface area (Å²) in [5.74, 6) is -1.59. The molecule has 0 radical (unpaired) electrons. The van der Waals surface area contributed by atoms with Gasteiger partial charge in [0.05, 0.1) is 27.3 Å². The van der Waals surface area contributed by atoms with E-state index in [9.17, 15) is 14.4 Å². The van der Waals surface area contributed by atoms with E-state index in [1.165, 1.54) is 14.1 Å². The Bertz CT molecular complexity index is 564. The highest BCUT2D eigenvalue weighted by Gasteiger charge is 2.40. The minimum Gasteiger partial charge on any atom is -0.373 e. The van der Waals surface area contributed by atoms with Crippen LogP contribution in [0.5, 0.6) is 0 Å². The average molecular weight is 326 g/mol. The number of rotatable bonds is 1. The smallest absolute Gasteiger partial charge is 0.373 e. The number of barbiturate groups is 1. The molecule has 0 saturated carbocycles. The highest BCUT2D eigenvalue weighted by molar-refractivity contribution is 6.68. The van der Waals surface area contributed by atoms with Crippen LogP contribution in [0.4, 0.5) is 4.79 Å². The SMILES string of the molecule is CN1C(=O)C(=NOC(N2CCOCC2)=[N+](C)C)C(=O)N(C)C1=O. The number of amidine groups is 1. The van der Waals surface area contributed by atoms with Crippen molar-refractivity contribution in [3.63, 3.8) is 0 Å². The van der Waals surface area contributed by atoms with Crippen LogP contribution in [0, 0.1) is 0 Å². The molecule has 2 rings (SSSR count). The van der Waals surface area contributed by atoms with Gasteiger partial charge in [-0.15, -0.1) is 0 Å². The fourth-order valence-electron chi connectivity index (χ4n) is 2.15. The average Bonchev–Trinajstić information content (AvgIpc) is 2.55. The van der Waals surface area contributed by atoms with Crippen molar-refractivity contribution in [1.82, 2.24) is 14.7 Å². The number of amides is 4. The van der Waals surface area contributed by atoms with Gasteiger partial charge in [0, 0.05) is 14.1 Å². The van der Waals surface area contributed by atoms with Gasteiger partial charge in [-0.1, -0.05) is 5.16 Å². The van der Waals surface area contributed by atoms with Gasteiger partial charge >= 0.3 is 12.1 Å². The number of imide groups is 2. The number of nitrogens with zero attached hydrogens (tertiary/aromatic N) is 5. The van der Waals surface area contributed by atoms with E-state index in [1.54, 1.807) is 18.7 Å². The van der Waals surface area contributed by atoms with Crippen molar-refractivity contribution >= 4 is 29.6 Å². The van der Waals surface area contributed by atoms with Crippen molar-refractivity contribution in [3.8, 4) is 0 Å². The second-order valence-electron chi connectivity index (χ2n) is 5.32. The zero-order chi connectivity index (χ0) is 17.1. The van der Waals surface area contributed by atoms with Crippen LogP contribution in [-0.4, -0.2) is 103 Å². The maximum atomic E-state index is 12.0. The number of oxime groups is 1. The van der Waals surface area contributed by atoms with E-state index < -0.39 is 23.6 Å². The Balaban J connectivity index is 2.22. The molecule has 23 heavy (non-hydrogen) atoms. The summed E-state index contributed by atoms with van der Waals surface area (Å²) >= 11 is 0. The van der Waals surface area contributed by atoms with Gasteiger partial charge in [-0.25, -0.2) is 14.3 Å². The molecule has 0 aromatic rings. The van der Waals surface area contributed by atoms with Gasteiger partial charge in [0.2, 0.25) is 5.71 Å². The third-order valence-corrected chi connectivity index (χ3v) is 3.47. The van der Waals surface area contributed by atoms with Gasteiger partial charge in [-0.3, -0.25) is 24.2 Å². The molecule has 10 heteroatoms. The maximum Gasteiger partial charge on any atom is 0.472 e. The van der Waals surface area contributed by atoms with Gasteiger partial charge in [0.25, 0.3) is 11.8 Å². The monoisotopic (exact) mass is 326 g/mol. The van der Waals surface area contributed by atoms with Crippen molar-refractivity contribution in [2.24, 2.45) is 5.16 Å². The molecule has 0 N–H and O–H groups in total. The quantitative estimate of drug-likeness (QED) is 0.248. The Morgan fingerprint density at radius 3 is 2.09 bits per heavy atom. The second-order valence-corrected chi connectivity index (χ2v) is 5.32. The Kier molecular flexibility index (Phi) is 4.94. The van der Waals surface area contributed by atoms with E-state index in [0.717, 1.165) is 9.80 Å². The lowest BCUT2D eigenvalue weighted by Crippen LogP contribution is -2.57. The molecular weight excluding hydrogens is 306 g/mol. The Morgan fingerprint density at radius 2 is 1.61 bits per heavy atom. The van der Waals surface area contributed by atoms with Crippen LogP contribution in [0.1, 0.15) is 0 Å². The van der Waals surface area contributed by atoms with Crippen LogP contribution in [0.2, 0.25) is 0 Å². The Labute approximate surface area is 133 Å². The van der Waals surface area contributed by atoms with Crippen molar-refractivity contribution in [3.05, 3.63) is 0 Å². The Hall–Kier alpha value is -2.49. The van der Waals surface area contributed by atoms with E-state index >= 15 is 0 Å². The first-order chi connectivity index (χ1) is 10.8. The van der Waals surface area contributed by atoms with Crippen LogP contribution < -0.4 is 0 Å². The van der Waals surface area contributed by atoms with Crippen molar-refractivity contribution in [2.45, 2.75) is 0 Å². The summed E-state index contributed by atoms with van der Waals surface area (Å²) < 4.78 is 6.96. The van der Waals surface area contributed by atoms with E-state index in [0.29, 0.717) is 32.3 Å². The van der Waals surface area contributed by atoms with E-state index in [1.807, 2.05) is 4.90 Å². The third-order valence-electron chi connectivity index (χ3n) is 3.47. The van der Waals surface area contributed by atoms with Crippen molar-refractivity contribution < 1.29 is 28.5 Å². The first-order valence-electron chi connectivity index (χ1n) is 7.06. The molecule has 2 saturated heterocycles. The molecule has 2 heterocycles. The first kappa shape index (κ1) is 16.9. The number of hydrogen-bond acceptors (Lipinski definition) is 6. The van der Waals surface area contributed by atoms with E-state index in [4.69, 9.17) is 9.57 Å². The van der Waals surface area contributed by atoms with E-state index in [-0.39, 0.29) is 0 Å². The summed E-state index contributed by atoms with van der Waals surface area (Å²) in [7, 11) is 6.08. The predicted molar refractivity (Wildman–Crippen MR) is 79.0 cm³/mol. The van der Waals surface area contributed by atoms with E-state index in [2.05, 4.69) is 5.16 Å². The highest BCUT2D eigenvalue weighted by atomic mass is 16.7. The van der Waals surface area contributed by atoms with Crippen LogP contribution >= 0.6 is 0 Å². The number of urea groups is 1. The second kappa shape index (κ2) is 6.73. The zero-order valence-electron chi connectivity index (χ0n) is 13.6. The molecule has 0 unspecified atom stereocenters. The molecule has 0 aliphatic carbocycles. The summed E-state index contributed by atoms with van der Waals surface area (Å²) in [5, 5.41) is 3.70. The summed E-state index contributed by atoms with van der Waals surface area (Å²) in [5.41, 5.74) is -0.442. The summed E-state index contributed by atoms with van der Waals surface area (Å²) in [6, 6.07) is -0.312. The maximum absolute atomic E-state index is 12.0. The number of ether oxygens (including phenoxy) is 1. The molecule has 0 bridgehead atoms. The number of morpholine rings is 1. The summed E-state index contributed by atoms with van der Waals surface area (Å²) in [4.78, 5) is 44.6. The molecule has 0 atom stereocenters. The van der Waals surface area contributed by atoms with Gasteiger partial charge in [-0.2, -0.15) is 0 Å². The molecule has 2 fully saturated rings. The largest absolute Gasteiger partial charge is 0.472 e. The molecule has 0 spiro atoms. The minimum absolute atomic E-state index is 0.392. The normalized spacial score (nSPS) is 19.2. The number of carbonyl (C=O) groups is 3. The van der Waals surface area contributed by atoms with Crippen LogP contribution in [-0.2, 0) is 19.2 Å². The van der Waals surface area contributed by atoms with Gasteiger partial charge in [0.15, 0.2) is 0 Å². The molecule has 2 aliphatic rings. The lowest BCUT2D eigenvalue weighted by atomic mass is 10.2. The van der Waals surface area contributed by atoms with Crippen LogP contribution in [0.15, 0.2) is 5.16 Å². The lowest BCUT2D eigenvalue weighted by Gasteiger charge is -2.27. The van der Waals surface area contributed by atoms with Crippen molar-refractivity contribution in [2.75, 3.05) is 54.5 Å². The lowest BCUT2D eigenvalue weighted by molar-refractivity contribution is -0.481. The van der Waals surface area contributed by atoms with Crippen LogP contribution in [0.25, 0.3) is 0 Å². The predicted octanol–water partition coefficient (Wildman–Crippen LogP) is -1.63. The summed E-state index contributed by atoms with van der Waals surface area (Å²) in [6.07, 6.45) is 0. The number of hydrogen-bond donors (Lipinski definition) is 0. The zero-order valence-corrected chi connectivity index (χ0v) is 13.6. The third kappa shape index (κ3) is 3.31. The van der Waals surface area contributed by atoms with Gasteiger partial charge in [0.1, 0.15) is 13.1 Å². The highest BCUT2D eigenvalue weighted by Crippen LogP contribution is 2.08. The topological polar surface area (TPSA) is 94.8 Å². The Morgan fingerprint density at radius 1 is 1.09 bits per heavy atom. The molecular formula is C13H20N5O5+. The van der Waals surface area contributed by atoms with Gasteiger partial charge < -0.3 is 4.74 Å². The molecule has 126 valence electrons. The fraction of sp³-hybridized carbons (Fsp3) is 0.615. The van der Waals surface area contributed by atoms with Crippen molar-refractivity contribution in [1.29, 1.82) is 0 Å². The molecule has 2 aliphatic heterocycles. The molecule has 10 nitrogen and oxygen atoms in total. The molecule has 0 aromatic heterocycles. The molecule has 4 amide bonds. The minimum atomic E-state index is -0.793. The number of carbonyl (C=O) groups excluding carboxylic acids is 3. The fourth-order valence-corrected chi connectivity index (χ4v) is 2.15. The standard InChI is InChI=1S/C13H20N5O5/c1-15(2)13(18-5-7-22-8-6-18)23-14-9-10(19)16(3)12(21)17(4)11(9)20/h5-8H2,1-4H3/q+1. The summed E-state index contributed by atoms with van der Waals surface area (Å²) in [6.45, 7) is 2.32.